The molecule has 2 rings (SSSR count). The Morgan fingerprint density at radius 2 is 2.09 bits per heavy atom. The number of nitrogens with one attached hydrogen (secondary N) is 2. The van der Waals surface area contributed by atoms with E-state index in [1.165, 1.54) is 12.2 Å². The van der Waals surface area contributed by atoms with Crippen molar-refractivity contribution in [2.75, 3.05) is 38.8 Å². The molecule has 1 aromatic carbocycles. The Balaban J connectivity index is 1.68. The van der Waals surface area contributed by atoms with Gasteiger partial charge in [-0.15, -0.1) is 0 Å². The van der Waals surface area contributed by atoms with Crippen LogP contribution in [0.25, 0.3) is 0 Å². The predicted molar refractivity (Wildman–Crippen MR) is 93.3 cm³/mol. The summed E-state index contributed by atoms with van der Waals surface area (Å²) in [4.78, 5) is 4.23. The van der Waals surface area contributed by atoms with E-state index in [9.17, 15) is 0 Å². The number of para-hydroxylation sites is 2. The Labute approximate surface area is 136 Å². The van der Waals surface area contributed by atoms with Gasteiger partial charge in [-0.3, -0.25) is 4.99 Å². The van der Waals surface area contributed by atoms with Gasteiger partial charge in [0.2, 0.25) is 0 Å². The molecule has 0 aliphatic carbocycles. The number of ether oxygens (including phenoxy) is 2. The molecule has 22 heavy (non-hydrogen) atoms. The Morgan fingerprint density at radius 3 is 2.86 bits per heavy atom. The van der Waals surface area contributed by atoms with E-state index < -0.39 is 0 Å². The van der Waals surface area contributed by atoms with Crippen molar-refractivity contribution in [1.82, 2.24) is 10.6 Å². The summed E-state index contributed by atoms with van der Waals surface area (Å²) >= 11 is 1.89. The number of aliphatic imine (C=N–C) groups is 1. The zero-order chi connectivity index (χ0) is 15.6. The van der Waals surface area contributed by atoms with Gasteiger partial charge in [-0.25, -0.2) is 0 Å². The summed E-state index contributed by atoms with van der Waals surface area (Å²) < 4.78 is 11.6. The van der Waals surface area contributed by atoms with Crippen molar-refractivity contribution in [3.8, 4) is 11.5 Å². The van der Waals surface area contributed by atoms with Crippen LogP contribution < -0.4 is 20.1 Å². The second-order valence-corrected chi connectivity index (χ2v) is 6.06. The van der Waals surface area contributed by atoms with Crippen molar-refractivity contribution in [2.45, 2.75) is 18.9 Å². The van der Waals surface area contributed by atoms with Crippen molar-refractivity contribution >= 4 is 17.7 Å². The van der Waals surface area contributed by atoms with E-state index in [1.54, 1.807) is 7.05 Å². The normalized spacial score (nSPS) is 17.2. The number of nitrogens with zero attached hydrogens (tertiary/aromatic N) is 1. The largest absolute Gasteiger partial charge is 0.486 e. The van der Waals surface area contributed by atoms with Gasteiger partial charge >= 0.3 is 0 Å². The van der Waals surface area contributed by atoms with Crippen LogP contribution in [-0.4, -0.2) is 50.8 Å². The molecule has 0 spiro atoms. The number of hydrogen-bond acceptors (Lipinski definition) is 4. The van der Waals surface area contributed by atoms with Crippen molar-refractivity contribution < 1.29 is 9.47 Å². The Kier molecular flexibility index (Phi) is 7.22. The van der Waals surface area contributed by atoms with Crippen molar-refractivity contribution in [2.24, 2.45) is 4.99 Å². The molecule has 1 aliphatic heterocycles. The van der Waals surface area contributed by atoms with Crippen LogP contribution in [0.5, 0.6) is 11.5 Å². The number of guanidine groups is 1. The van der Waals surface area contributed by atoms with Crippen LogP contribution in [0.2, 0.25) is 0 Å². The summed E-state index contributed by atoms with van der Waals surface area (Å²) in [6.07, 6.45) is 4.50. The maximum absolute atomic E-state index is 5.91. The minimum absolute atomic E-state index is 0.00931. The smallest absolute Gasteiger partial charge is 0.191 e. The summed E-state index contributed by atoms with van der Waals surface area (Å²) in [6, 6.07) is 7.75. The second-order valence-electron chi connectivity index (χ2n) is 5.08. The maximum Gasteiger partial charge on any atom is 0.191 e. The van der Waals surface area contributed by atoms with Crippen molar-refractivity contribution in [3.05, 3.63) is 24.3 Å². The van der Waals surface area contributed by atoms with Gasteiger partial charge in [0.25, 0.3) is 0 Å². The van der Waals surface area contributed by atoms with Gasteiger partial charge in [-0.05, 0) is 37.0 Å². The molecule has 0 saturated carbocycles. The van der Waals surface area contributed by atoms with Gasteiger partial charge in [-0.1, -0.05) is 12.1 Å². The Morgan fingerprint density at radius 1 is 1.27 bits per heavy atom. The summed E-state index contributed by atoms with van der Waals surface area (Å²) in [6.45, 7) is 2.15. The lowest BCUT2D eigenvalue weighted by atomic mass is 10.2. The highest BCUT2D eigenvalue weighted by Crippen LogP contribution is 2.30. The van der Waals surface area contributed by atoms with Gasteiger partial charge in [0.15, 0.2) is 17.5 Å². The molecule has 0 aromatic heterocycles. The van der Waals surface area contributed by atoms with E-state index in [-0.39, 0.29) is 6.10 Å². The topological polar surface area (TPSA) is 54.9 Å². The van der Waals surface area contributed by atoms with Crippen molar-refractivity contribution in [3.63, 3.8) is 0 Å². The third kappa shape index (κ3) is 5.33. The van der Waals surface area contributed by atoms with E-state index in [0.29, 0.717) is 13.2 Å². The Hall–Kier alpha value is -1.56. The average molecular weight is 323 g/mol. The quantitative estimate of drug-likeness (QED) is 0.457. The molecule has 2 N–H and O–H groups in total. The highest BCUT2D eigenvalue weighted by Gasteiger charge is 2.20. The number of unbranched alkanes of at least 4 members (excludes halogenated alkanes) is 1. The molecule has 5 nitrogen and oxygen atoms in total. The van der Waals surface area contributed by atoms with E-state index in [1.807, 2.05) is 36.0 Å². The molecule has 0 bridgehead atoms. The van der Waals surface area contributed by atoms with Crippen LogP contribution in [0.1, 0.15) is 12.8 Å². The number of rotatable bonds is 7. The molecule has 0 radical (unpaired) electrons. The van der Waals surface area contributed by atoms with Gasteiger partial charge < -0.3 is 20.1 Å². The first-order valence-electron chi connectivity index (χ1n) is 7.65. The SMILES string of the molecule is CN=C(NCCCCSC)NCC1COc2ccccc2O1. The molecule has 1 aromatic rings. The molecule has 122 valence electrons. The summed E-state index contributed by atoms with van der Waals surface area (Å²) in [5.41, 5.74) is 0. The highest BCUT2D eigenvalue weighted by molar-refractivity contribution is 7.98. The molecule has 1 unspecified atom stereocenters. The molecule has 1 aliphatic rings. The predicted octanol–water partition coefficient (Wildman–Crippen LogP) is 2.13. The average Bonchev–Trinajstić information content (AvgIpc) is 2.57. The molecule has 6 heteroatoms. The minimum Gasteiger partial charge on any atom is -0.486 e. The molecule has 0 fully saturated rings. The number of hydrogen-bond donors (Lipinski definition) is 2. The molecule has 1 heterocycles. The third-order valence-electron chi connectivity index (χ3n) is 3.36. The van der Waals surface area contributed by atoms with Gasteiger partial charge in [0.05, 0.1) is 6.54 Å². The highest BCUT2D eigenvalue weighted by atomic mass is 32.2. The van der Waals surface area contributed by atoms with Crippen LogP contribution in [0, 0.1) is 0 Å². The van der Waals surface area contributed by atoms with Crippen LogP contribution in [0.4, 0.5) is 0 Å². The summed E-state index contributed by atoms with van der Waals surface area (Å²) in [7, 11) is 1.78. The minimum atomic E-state index is -0.00931. The standard InChI is InChI=1S/C16H25N3O2S/c1-17-16(18-9-5-6-10-22-2)19-11-13-12-20-14-7-3-4-8-15(14)21-13/h3-4,7-8,13H,5-6,9-12H2,1-2H3,(H2,17,18,19). The van der Waals surface area contributed by atoms with E-state index in [2.05, 4.69) is 21.9 Å². The zero-order valence-corrected chi connectivity index (χ0v) is 14.1. The van der Waals surface area contributed by atoms with E-state index in [4.69, 9.17) is 9.47 Å². The number of benzene rings is 1. The molecule has 0 amide bonds. The lowest BCUT2D eigenvalue weighted by Gasteiger charge is -2.27. The summed E-state index contributed by atoms with van der Waals surface area (Å²) in [5.74, 6) is 3.64. The van der Waals surface area contributed by atoms with Crippen LogP contribution in [-0.2, 0) is 0 Å². The van der Waals surface area contributed by atoms with Crippen LogP contribution in [0.15, 0.2) is 29.3 Å². The second kappa shape index (κ2) is 9.46. The first-order valence-corrected chi connectivity index (χ1v) is 9.05. The summed E-state index contributed by atoms with van der Waals surface area (Å²) in [5, 5.41) is 6.61. The first kappa shape index (κ1) is 16.8. The monoisotopic (exact) mass is 323 g/mol. The lowest BCUT2D eigenvalue weighted by Crippen LogP contribution is -2.45. The molecular formula is C16H25N3O2S. The lowest BCUT2D eigenvalue weighted by molar-refractivity contribution is 0.0936. The van der Waals surface area contributed by atoms with E-state index in [0.717, 1.165) is 30.4 Å². The van der Waals surface area contributed by atoms with Gasteiger partial charge in [-0.2, -0.15) is 11.8 Å². The Bertz CT molecular complexity index is 482. The zero-order valence-electron chi connectivity index (χ0n) is 13.3. The van der Waals surface area contributed by atoms with Gasteiger partial charge in [0.1, 0.15) is 12.7 Å². The third-order valence-corrected chi connectivity index (χ3v) is 4.05. The first-order chi connectivity index (χ1) is 10.8. The fraction of sp³-hybridized carbons (Fsp3) is 0.562. The van der Waals surface area contributed by atoms with Crippen LogP contribution in [0.3, 0.4) is 0 Å². The molecule has 0 saturated heterocycles. The molecular weight excluding hydrogens is 298 g/mol. The number of fused-ring (bicyclic) bond motifs is 1. The van der Waals surface area contributed by atoms with Gasteiger partial charge in [0, 0.05) is 13.6 Å². The van der Waals surface area contributed by atoms with E-state index >= 15 is 0 Å². The molecule has 1 atom stereocenters. The fourth-order valence-corrected chi connectivity index (χ4v) is 2.67. The van der Waals surface area contributed by atoms with Crippen molar-refractivity contribution in [1.29, 1.82) is 0 Å². The van der Waals surface area contributed by atoms with Crippen LogP contribution >= 0.6 is 11.8 Å². The number of thioether (sulfide) groups is 1. The maximum atomic E-state index is 5.91. The fourth-order valence-electron chi connectivity index (χ4n) is 2.17.